The Bertz CT molecular complexity index is 290. The van der Waals surface area contributed by atoms with E-state index in [1.54, 1.807) is 12.1 Å². The summed E-state index contributed by atoms with van der Waals surface area (Å²) in [7, 11) is 0. The van der Waals surface area contributed by atoms with Crippen molar-refractivity contribution >= 4 is 11.1 Å². The molecule has 1 unspecified atom stereocenters. The molecule has 1 atom stereocenters. The van der Waals surface area contributed by atoms with Gasteiger partial charge in [-0.2, -0.15) is 0 Å². The molecule has 0 radical (unpaired) electrons. The summed E-state index contributed by atoms with van der Waals surface area (Å²) in [6.07, 6.45) is 1.01. The Labute approximate surface area is 81.3 Å². The molecule has 1 aromatic rings. The highest BCUT2D eigenvalue weighted by atomic mass is 32.2. The molecule has 0 saturated heterocycles. The van der Waals surface area contributed by atoms with E-state index in [4.69, 9.17) is 4.55 Å². The molecule has 3 heteroatoms. The first-order chi connectivity index (χ1) is 6.09. The SMILES string of the molecule is CC(C)Cc1ccc(S(=O)O)cc1. The first-order valence-electron chi connectivity index (χ1n) is 4.29. The Morgan fingerprint density at radius 1 is 1.31 bits per heavy atom. The van der Waals surface area contributed by atoms with Gasteiger partial charge in [0.2, 0.25) is 0 Å². The maximum atomic E-state index is 10.6. The van der Waals surface area contributed by atoms with Crippen LogP contribution in [0.4, 0.5) is 0 Å². The molecule has 1 rings (SSSR count). The summed E-state index contributed by atoms with van der Waals surface area (Å²) < 4.78 is 19.4. The van der Waals surface area contributed by atoms with E-state index in [-0.39, 0.29) is 0 Å². The molecule has 0 aliphatic heterocycles. The van der Waals surface area contributed by atoms with Gasteiger partial charge >= 0.3 is 0 Å². The summed E-state index contributed by atoms with van der Waals surface area (Å²) in [5, 5.41) is 0. The fourth-order valence-electron chi connectivity index (χ4n) is 1.21. The topological polar surface area (TPSA) is 37.3 Å². The minimum atomic E-state index is -1.85. The van der Waals surface area contributed by atoms with Gasteiger partial charge in [0.15, 0.2) is 11.1 Å². The lowest BCUT2D eigenvalue weighted by Gasteiger charge is -2.04. The summed E-state index contributed by atoms with van der Waals surface area (Å²) in [5.74, 6) is 0.616. The van der Waals surface area contributed by atoms with E-state index in [1.165, 1.54) is 5.56 Å². The van der Waals surface area contributed by atoms with Gasteiger partial charge in [-0.15, -0.1) is 0 Å². The molecule has 13 heavy (non-hydrogen) atoms. The average Bonchev–Trinajstić information content (AvgIpc) is 2.04. The van der Waals surface area contributed by atoms with Gasteiger partial charge < -0.3 is 4.55 Å². The van der Waals surface area contributed by atoms with E-state index < -0.39 is 11.1 Å². The summed E-state index contributed by atoms with van der Waals surface area (Å²) in [5.41, 5.74) is 1.21. The number of hydrogen-bond acceptors (Lipinski definition) is 1. The van der Waals surface area contributed by atoms with Gasteiger partial charge in [-0.05, 0) is 30.0 Å². The first kappa shape index (κ1) is 10.4. The summed E-state index contributed by atoms with van der Waals surface area (Å²) >= 11 is -1.85. The van der Waals surface area contributed by atoms with Gasteiger partial charge in [0.25, 0.3) is 0 Å². The quantitative estimate of drug-likeness (QED) is 0.757. The lowest BCUT2D eigenvalue weighted by Crippen LogP contribution is -1.94. The van der Waals surface area contributed by atoms with Crippen molar-refractivity contribution in [1.29, 1.82) is 0 Å². The fourth-order valence-corrected chi connectivity index (χ4v) is 1.58. The van der Waals surface area contributed by atoms with Crippen molar-refractivity contribution in [1.82, 2.24) is 0 Å². The maximum Gasteiger partial charge on any atom is 0.186 e. The normalized spacial score (nSPS) is 13.2. The third-order valence-corrected chi connectivity index (χ3v) is 2.44. The Balaban J connectivity index is 2.75. The molecule has 1 N–H and O–H groups in total. The standard InChI is InChI=1S/C10H14O2S/c1-8(2)7-9-3-5-10(6-4-9)13(11)12/h3-6,8H,7H2,1-2H3,(H,11,12). The Kier molecular flexibility index (Phi) is 3.63. The zero-order valence-electron chi connectivity index (χ0n) is 7.86. The van der Waals surface area contributed by atoms with E-state index in [1.807, 2.05) is 12.1 Å². The van der Waals surface area contributed by atoms with Gasteiger partial charge in [-0.3, -0.25) is 0 Å². The van der Waals surface area contributed by atoms with Crippen LogP contribution in [0.2, 0.25) is 0 Å². The third-order valence-electron chi connectivity index (χ3n) is 1.77. The zero-order valence-corrected chi connectivity index (χ0v) is 8.67. The fraction of sp³-hybridized carbons (Fsp3) is 0.400. The van der Waals surface area contributed by atoms with E-state index in [0.717, 1.165) is 6.42 Å². The summed E-state index contributed by atoms with van der Waals surface area (Å²) in [6.45, 7) is 4.30. The summed E-state index contributed by atoms with van der Waals surface area (Å²) in [4.78, 5) is 0.465. The lowest BCUT2D eigenvalue weighted by molar-refractivity contribution is 0.564. The first-order valence-corrected chi connectivity index (χ1v) is 5.40. The van der Waals surface area contributed by atoms with Crippen LogP contribution in [-0.2, 0) is 17.5 Å². The van der Waals surface area contributed by atoms with Crippen LogP contribution in [0.3, 0.4) is 0 Å². The smallest absolute Gasteiger partial charge is 0.186 e. The largest absolute Gasteiger partial charge is 0.302 e. The van der Waals surface area contributed by atoms with Crippen molar-refractivity contribution in [3.8, 4) is 0 Å². The molecule has 0 aliphatic rings. The molecule has 1 aromatic carbocycles. The predicted octanol–water partition coefficient (Wildman–Crippen LogP) is 2.47. The van der Waals surface area contributed by atoms with Crippen LogP contribution in [0.5, 0.6) is 0 Å². The third kappa shape index (κ3) is 3.28. The van der Waals surface area contributed by atoms with Crippen molar-refractivity contribution in [3.05, 3.63) is 29.8 Å². The Hall–Kier alpha value is -0.670. The van der Waals surface area contributed by atoms with E-state index in [9.17, 15) is 4.21 Å². The number of benzene rings is 1. The minimum Gasteiger partial charge on any atom is -0.302 e. The monoisotopic (exact) mass is 198 g/mol. The highest BCUT2D eigenvalue weighted by molar-refractivity contribution is 7.79. The second-order valence-electron chi connectivity index (χ2n) is 3.49. The van der Waals surface area contributed by atoms with Crippen LogP contribution in [0.15, 0.2) is 29.2 Å². The molecule has 0 heterocycles. The van der Waals surface area contributed by atoms with Gasteiger partial charge in [-0.25, -0.2) is 4.21 Å². The van der Waals surface area contributed by atoms with Crippen molar-refractivity contribution < 1.29 is 8.76 Å². The lowest BCUT2D eigenvalue weighted by atomic mass is 10.0. The van der Waals surface area contributed by atoms with Crippen molar-refractivity contribution in [2.24, 2.45) is 5.92 Å². The van der Waals surface area contributed by atoms with Crippen LogP contribution in [0, 0.1) is 5.92 Å². The average molecular weight is 198 g/mol. The van der Waals surface area contributed by atoms with E-state index in [0.29, 0.717) is 10.8 Å². The number of rotatable bonds is 3. The van der Waals surface area contributed by atoms with Crippen LogP contribution in [0.1, 0.15) is 19.4 Å². The molecule has 0 amide bonds. The van der Waals surface area contributed by atoms with Gasteiger partial charge in [0, 0.05) is 0 Å². The van der Waals surface area contributed by atoms with Crippen LogP contribution in [0.25, 0.3) is 0 Å². The molecule has 2 nitrogen and oxygen atoms in total. The van der Waals surface area contributed by atoms with Crippen molar-refractivity contribution in [3.63, 3.8) is 0 Å². The van der Waals surface area contributed by atoms with Crippen molar-refractivity contribution in [2.45, 2.75) is 25.2 Å². The highest BCUT2D eigenvalue weighted by Crippen LogP contribution is 2.11. The molecular formula is C10H14O2S. The van der Waals surface area contributed by atoms with Crippen LogP contribution >= 0.6 is 0 Å². The van der Waals surface area contributed by atoms with E-state index in [2.05, 4.69) is 13.8 Å². The molecule has 0 fully saturated rings. The zero-order chi connectivity index (χ0) is 9.84. The van der Waals surface area contributed by atoms with Gasteiger partial charge in [0.05, 0.1) is 4.90 Å². The minimum absolute atomic E-state index is 0.465. The molecule has 0 saturated carbocycles. The Morgan fingerprint density at radius 2 is 1.85 bits per heavy atom. The maximum absolute atomic E-state index is 10.6. The predicted molar refractivity (Wildman–Crippen MR) is 54.0 cm³/mol. The van der Waals surface area contributed by atoms with Crippen LogP contribution < -0.4 is 0 Å². The van der Waals surface area contributed by atoms with Gasteiger partial charge in [0.1, 0.15) is 0 Å². The molecule has 72 valence electrons. The molecule has 0 aromatic heterocycles. The highest BCUT2D eigenvalue weighted by Gasteiger charge is 2.00. The second-order valence-corrected chi connectivity index (χ2v) is 4.46. The Morgan fingerprint density at radius 3 is 2.23 bits per heavy atom. The van der Waals surface area contributed by atoms with Crippen molar-refractivity contribution in [2.75, 3.05) is 0 Å². The molecular weight excluding hydrogens is 184 g/mol. The second kappa shape index (κ2) is 4.53. The molecule has 0 bridgehead atoms. The summed E-state index contributed by atoms with van der Waals surface area (Å²) in [6, 6.07) is 7.22. The molecule has 0 spiro atoms. The van der Waals surface area contributed by atoms with Gasteiger partial charge in [-0.1, -0.05) is 26.0 Å². The van der Waals surface area contributed by atoms with E-state index >= 15 is 0 Å². The van der Waals surface area contributed by atoms with Crippen LogP contribution in [-0.4, -0.2) is 8.76 Å². The molecule has 0 aliphatic carbocycles. The number of hydrogen-bond donors (Lipinski definition) is 1.